The van der Waals surface area contributed by atoms with Crippen LogP contribution >= 0.6 is 0 Å². The van der Waals surface area contributed by atoms with Crippen LogP contribution in [0.2, 0.25) is 0 Å². The monoisotopic (exact) mass is 194 g/mol. The first kappa shape index (κ1) is 9.44. The van der Waals surface area contributed by atoms with Crippen LogP contribution < -0.4 is 5.32 Å². The Balaban J connectivity index is 1.82. The Morgan fingerprint density at radius 1 is 1.36 bits per heavy atom. The normalized spacial score (nSPS) is 17.2. The summed E-state index contributed by atoms with van der Waals surface area (Å²) in [5.41, 5.74) is 0. The van der Waals surface area contributed by atoms with Gasteiger partial charge in [-0.2, -0.15) is 0 Å². The van der Waals surface area contributed by atoms with Crippen molar-refractivity contribution < 1.29 is 4.39 Å². The van der Waals surface area contributed by atoms with E-state index in [2.05, 4.69) is 10.3 Å². The van der Waals surface area contributed by atoms with Crippen LogP contribution in [0.3, 0.4) is 0 Å². The van der Waals surface area contributed by atoms with E-state index in [9.17, 15) is 4.39 Å². The molecule has 1 aliphatic carbocycles. The number of nitrogens with zero attached hydrogens (tertiary/aromatic N) is 1. The summed E-state index contributed by atoms with van der Waals surface area (Å²) in [6.45, 7) is 0.971. The number of hydrogen-bond acceptors (Lipinski definition) is 2. The van der Waals surface area contributed by atoms with Gasteiger partial charge in [0, 0.05) is 6.54 Å². The molecule has 0 aliphatic heterocycles. The Hall–Kier alpha value is -1.12. The molecule has 0 atom stereocenters. The maximum absolute atomic E-state index is 12.5. The number of anilines is 1. The molecule has 0 amide bonds. The quantitative estimate of drug-likeness (QED) is 0.800. The van der Waals surface area contributed by atoms with Crippen LogP contribution in [-0.2, 0) is 0 Å². The zero-order chi connectivity index (χ0) is 9.80. The molecule has 0 bridgehead atoms. The van der Waals surface area contributed by atoms with E-state index in [1.165, 1.54) is 37.9 Å². The first-order valence-corrected chi connectivity index (χ1v) is 5.20. The highest BCUT2D eigenvalue weighted by atomic mass is 19.1. The third-order valence-electron chi connectivity index (χ3n) is 2.77. The zero-order valence-corrected chi connectivity index (χ0v) is 8.17. The first-order valence-electron chi connectivity index (χ1n) is 5.20. The Labute approximate surface area is 83.6 Å². The molecule has 1 fully saturated rings. The molecule has 1 N–H and O–H groups in total. The summed E-state index contributed by atoms with van der Waals surface area (Å²) in [7, 11) is 0. The lowest BCUT2D eigenvalue weighted by Crippen LogP contribution is -2.11. The summed E-state index contributed by atoms with van der Waals surface area (Å²) in [4.78, 5) is 3.95. The van der Waals surface area contributed by atoms with E-state index in [0.717, 1.165) is 18.3 Å². The molecule has 1 saturated carbocycles. The van der Waals surface area contributed by atoms with Gasteiger partial charge in [0.2, 0.25) is 0 Å². The summed E-state index contributed by atoms with van der Waals surface area (Å²) < 4.78 is 12.5. The van der Waals surface area contributed by atoms with Crippen LogP contribution in [0.15, 0.2) is 18.3 Å². The molecular weight excluding hydrogens is 179 g/mol. The van der Waals surface area contributed by atoms with Gasteiger partial charge in [0.05, 0.1) is 6.20 Å². The molecule has 1 aliphatic rings. The van der Waals surface area contributed by atoms with E-state index in [1.807, 2.05) is 0 Å². The summed E-state index contributed by atoms with van der Waals surface area (Å²) in [5, 5.41) is 3.24. The van der Waals surface area contributed by atoms with Gasteiger partial charge < -0.3 is 5.32 Å². The molecule has 0 saturated heterocycles. The van der Waals surface area contributed by atoms with Crippen LogP contribution in [0, 0.1) is 11.7 Å². The molecular formula is C11H15FN2. The van der Waals surface area contributed by atoms with Crippen molar-refractivity contribution in [3.8, 4) is 0 Å². The van der Waals surface area contributed by atoms with Crippen LogP contribution in [0.5, 0.6) is 0 Å². The van der Waals surface area contributed by atoms with Gasteiger partial charge >= 0.3 is 0 Å². The van der Waals surface area contributed by atoms with Crippen LogP contribution in [0.25, 0.3) is 0 Å². The Morgan fingerprint density at radius 2 is 2.14 bits per heavy atom. The van der Waals surface area contributed by atoms with Crippen LogP contribution in [0.1, 0.15) is 25.7 Å². The molecule has 2 rings (SSSR count). The van der Waals surface area contributed by atoms with Gasteiger partial charge in [0.15, 0.2) is 0 Å². The fraction of sp³-hybridized carbons (Fsp3) is 0.545. The minimum Gasteiger partial charge on any atom is -0.370 e. The highest BCUT2D eigenvalue weighted by molar-refractivity contribution is 5.33. The number of pyridine rings is 1. The minimum atomic E-state index is -0.281. The highest BCUT2D eigenvalue weighted by Gasteiger charge is 2.14. The van der Waals surface area contributed by atoms with E-state index in [1.54, 1.807) is 6.07 Å². The van der Waals surface area contributed by atoms with E-state index in [-0.39, 0.29) is 5.82 Å². The lowest BCUT2D eigenvalue weighted by atomic mass is 10.1. The van der Waals surface area contributed by atoms with E-state index in [0.29, 0.717) is 0 Å². The molecule has 0 aromatic carbocycles. The van der Waals surface area contributed by atoms with Gasteiger partial charge in [-0.05, 0) is 30.9 Å². The fourth-order valence-corrected chi connectivity index (χ4v) is 1.94. The largest absolute Gasteiger partial charge is 0.370 e. The number of halogens is 1. The topological polar surface area (TPSA) is 24.9 Å². The van der Waals surface area contributed by atoms with E-state index < -0.39 is 0 Å². The van der Waals surface area contributed by atoms with Crippen molar-refractivity contribution in [2.45, 2.75) is 25.7 Å². The van der Waals surface area contributed by atoms with Crippen molar-refractivity contribution in [3.05, 3.63) is 24.1 Å². The van der Waals surface area contributed by atoms with Gasteiger partial charge in [-0.15, -0.1) is 0 Å². The second-order valence-corrected chi connectivity index (χ2v) is 3.89. The predicted octanol–water partition coefficient (Wildman–Crippen LogP) is 2.82. The molecule has 0 unspecified atom stereocenters. The third-order valence-corrected chi connectivity index (χ3v) is 2.77. The van der Waals surface area contributed by atoms with Crippen LogP contribution in [0.4, 0.5) is 10.2 Å². The molecule has 1 aromatic heterocycles. The maximum atomic E-state index is 12.5. The standard InChI is InChI=1S/C11H15FN2/c12-10-5-6-11(14-8-10)13-7-9-3-1-2-4-9/h5-6,8-9H,1-4,7H2,(H,13,14). The summed E-state index contributed by atoms with van der Waals surface area (Å²) in [6.07, 6.45) is 6.58. The number of aromatic nitrogens is 1. The molecule has 0 radical (unpaired) electrons. The third kappa shape index (κ3) is 2.44. The summed E-state index contributed by atoms with van der Waals surface area (Å²) >= 11 is 0. The molecule has 76 valence electrons. The van der Waals surface area contributed by atoms with Gasteiger partial charge in [-0.3, -0.25) is 0 Å². The van der Waals surface area contributed by atoms with Gasteiger partial charge in [-0.1, -0.05) is 12.8 Å². The number of nitrogens with one attached hydrogen (secondary N) is 1. The first-order chi connectivity index (χ1) is 6.84. The average Bonchev–Trinajstić information content (AvgIpc) is 2.70. The number of hydrogen-bond donors (Lipinski definition) is 1. The second-order valence-electron chi connectivity index (χ2n) is 3.89. The number of rotatable bonds is 3. The SMILES string of the molecule is Fc1ccc(NCC2CCCC2)nc1. The Kier molecular flexibility index (Phi) is 2.96. The van der Waals surface area contributed by atoms with E-state index in [4.69, 9.17) is 0 Å². The van der Waals surface area contributed by atoms with Crippen molar-refractivity contribution in [2.75, 3.05) is 11.9 Å². The predicted molar refractivity (Wildman–Crippen MR) is 54.6 cm³/mol. The maximum Gasteiger partial charge on any atom is 0.141 e. The van der Waals surface area contributed by atoms with Crippen molar-refractivity contribution in [3.63, 3.8) is 0 Å². The fourth-order valence-electron chi connectivity index (χ4n) is 1.94. The second kappa shape index (κ2) is 4.40. The van der Waals surface area contributed by atoms with Crippen molar-refractivity contribution in [2.24, 2.45) is 5.92 Å². The zero-order valence-electron chi connectivity index (χ0n) is 8.17. The van der Waals surface area contributed by atoms with Crippen LogP contribution in [-0.4, -0.2) is 11.5 Å². The Morgan fingerprint density at radius 3 is 2.79 bits per heavy atom. The van der Waals surface area contributed by atoms with Crippen molar-refractivity contribution >= 4 is 5.82 Å². The van der Waals surface area contributed by atoms with Gasteiger partial charge in [0.25, 0.3) is 0 Å². The molecule has 1 aromatic rings. The summed E-state index contributed by atoms with van der Waals surface area (Å²) in [5.74, 6) is 1.27. The average molecular weight is 194 g/mol. The van der Waals surface area contributed by atoms with E-state index >= 15 is 0 Å². The smallest absolute Gasteiger partial charge is 0.141 e. The van der Waals surface area contributed by atoms with Gasteiger partial charge in [-0.25, -0.2) is 9.37 Å². The van der Waals surface area contributed by atoms with Crippen molar-refractivity contribution in [1.29, 1.82) is 0 Å². The Bertz CT molecular complexity index is 278. The lowest BCUT2D eigenvalue weighted by Gasteiger charge is -2.10. The molecule has 14 heavy (non-hydrogen) atoms. The lowest BCUT2D eigenvalue weighted by molar-refractivity contribution is 0.578. The minimum absolute atomic E-state index is 0.281. The molecule has 2 nitrogen and oxygen atoms in total. The molecule has 3 heteroatoms. The van der Waals surface area contributed by atoms with Gasteiger partial charge in [0.1, 0.15) is 11.6 Å². The summed E-state index contributed by atoms with van der Waals surface area (Å²) in [6, 6.07) is 3.12. The highest BCUT2D eigenvalue weighted by Crippen LogP contribution is 2.24. The molecule has 0 spiro atoms. The van der Waals surface area contributed by atoms with Crippen molar-refractivity contribution in [1.82, 2.24) is 4.98 Å². The molecule has 1 heterocycles.